The summed E-state index contributed by atoms with van der Waals surface area (Å²) in [7, 11) is 3.39. The van der Waals surface area contributed by atoms with E-state index in [4.69, 9.17) is 19.2 Å². The minimum absolute atomic E-state index is 0.300. The standard InChI is InChI=1S/C24H37NO3/c1-8-10-12-14-18-19(13-11-9-2)23(28-24(3,4)5)25-20-15-17(26-6)16-21(27-7)22(18)20/h15-16H,8-14H2,1-7H3. The molecule has 0 saturated carbocycles. The van der Waals surface area contributed by atoms with Gasteiger partial charge in [0, 0.05) is 23.1 Å². The van der Waals surface area contributed by atoms with E-state index in [2.05, 4.69) is 34.6 Å². The molecule has 0 radical (unpaired) electrons. The Morgan fingerprint density at radius 3 is 2.11 bits per heavy atom. The third-order valence-electron chi connectivity index (χ3n) is 4.87. The first-order chi connectivity index (χ1) is 13.3. The number of methoxy groups -OCH3 is 2. The predicted molar refractivity (Wildman–Crippen MR) is 117 cm³/mol. The minimum Gasteiger partial charge on any atom is -0.497 e. The largest absolute Gasteiger partial charge is 0.497 e. The lowest BCUT2D eigenvalue weighted by atomic mass is 9.93. The Morgan fingerprint density at radius 2 is 1.54 bits per heavy atom. The zero-order valence-electron chi connectivity index (χ0n) is 18.8. The summed E-state index contributed by atoms with van der Waals surface area (Å²) < 4.78 is 17.6. The third kappa shape index (κ3) is 5.52. The van der Waals surface area contributed by atoms with Crippen LogP contribution in [-0.4, -0.2) is 24.8 Å². The normalized spacial score (nSPS) is 11.7. The molecule has 0 N–H and O–H groups in total. The van der Waals surface area contributed by atoms with Crippen LogP contribution in [0, 0.1) is 0 Å². The van der Waals surface area contributed by atoms with Gasteiger partial charge in [-0.05, 0) is 52.0 Å². The highest BCUT2D eigenvalue weighted by molar-refractivity contribution is 5.91. The number of rotatable bonds is 10. The minimum atomic E-state index is -0.300. The van der Waals surface area contributed by atoms with Crippen molar-refractivity contribution in [2.24, 2.45) is 0 Å². The van der Waals surface area contributed by atoms with Crippen molar-refractivity contribution in [3.63, 3.8) is 0 Å². The fourth-order valence-electron chi connectivity index (χ4n) is 3.52. The number of pyridine rings is 1. The second-order valence-corrected chi connectivity index (χ2v) is 8.37. The molecule has 0 unspecified atom stereocenters. The van der Waals surface area contributed by atoms with Crippen molar-refractivity contribution in [3.8, 4) is 17.4 Å². The molecule has 0 fully saturated rings. The summed E-state index contributed by atoms with van der Waals surface area (Å²) in [4.78, 5) is 4.94. The lowest BCUT2D eigenvalue weighted by Gasteiger charge is -2.25. The van der Waals surface area contributed by atoms with E-state index in [0.717, 1.165) is 60.4 Å². The molecule has 1 heterocycles. The summed E-state index contributed by atoms with van der Waals surface area (Å²) in [6.07, 6.45) is 7.80. The van der Waals surface area contributed by atoms with E-state index >= 15 is 0 Å². The lowest BCUT2D eigenvalue weighted by Crippen LogP contribution is -2.25. The molecule has 0 aliphatic carbocycles. The highest BCUT2D eigenvalue weighted by atomic mass is 16.5. The maximum absolute atomic E-state index is 6.34. The van der Waals surface area contributed by atoms with Gasteiger partial charge >= 0.3 is 0 Å². The molecular weight excluding hydrogens is 350 g/mol. The number of hydrogen-bond acceptors (Lipinski definition) is 4. The second kappa shape index (κ2) is 9.99. The van der Waals surface area contributed by atoms with E-state index < -0.39 is 0 Å². The first-order valence-electron chi connectivity index (χ1n) is 10.6. The molecule has 0 atom stereocenters. The van der Waals surface area contributed by atoms with Crippen molar-refractivity contribution < 1.29 is 14.2 Å². The molecule has 4 heteroatoms. The van der Waals surface area contributed by atoms with Crippen LogP contribution in [0.2, 0.25) is 0 Å². The number of aryl methyl sites for hydroxylation is 1. The number of fused-ring (bicyclic) bond motifs is 1. The summed E-state index contributed by atoms with van der Waals surface area (Å²) in [5.41, 5.74) is 3.14. The van der Waals surface area contributed by atoms with Crippen LogP contribution in [-0.2, 0) is 12.8 Å². The summed E-state index contributed by atoms with van der Waals surface area (Å²) in [5.74, 6) is 2.34. The average molecular weight is 388 g/mol. The van der Waals surface area contributed by atoms with Crippen LogP contribution >= 0.6 is 0 Å². The van der Waals surface area contributed by atoms with Gasteiger partial charge in [-0.2, -0.15) is 0 Å². The number of unbranched alkanes of at least 4 members (excludes halogenated alkanes) is 3. The third-order valence-corrected chi connectivity index (χ3v) is 4.87. The maximum Gasteiger partial charge on any atom is 0.217 e. The van der Waals surface area contributed by atoms with Gasteiger partial charge < -0.3 is 14.2 Å². The van der Waals surface area contributed by atoms with E-state index in [1.165, 1.54) is 24.0 Å². The molecule has 0 bridgehead atoms. The van der Waals surface area contributed by atoms with Crippen LogP contribution < -0.4 is 14.2 Å². The van der Waals surface area contributed by atoms with E-state index in [1.807, 2.05) is 12.1 Å². The van der Waals surface area contributed by atoms with Crippen molar-refractivity contribution in [3.05, 3.63) is 23.3 Å². The molecule has 1 aromatic heterocycles. The van der Waals surface area contributed by atoms with Crippen LogP contribution in [0.5, 0.6) is 17.4 Å². The Morgan fingerprint density at radius 1 is 0.857 bits per heavy atom. The fraction of sp³-hybridized carbons (Fsp3) is 0.625. The number of nitrogens with zero attached hydrogens (tertiary/aromatic N) is 1. The van der Waals surface area contributed by atoms with Crippen molar-refractivity contribution in [1.29, 1.82) is 0 Å². The second-order valence-electron chi connectivity index (χ2n) is 8.37. The van der Waals surface area contributed by atoms with Gasteiger partial charge in [-0.25, -0.2) is 4.98 Å². The molecule has 28 heavy (non-hydrogen) atoms. The molecule has 0 aliphatic rings. The highest BCUT2D eigenvalue weighted by Crippen LogP contribution is 2.39. The zero-order valence-corrected chi connectivity index (χ0v) is 18.8. The molecule has 0 amide bonds. The number of aromatic nitrogens is 1. The Kier molecular flexibility index (Phi) is 7.97. The molecule has 2 rings (SSSR count). The van der Waals surface area contributed by atoms with Gasteiger partial charge in [0.05, 0.1) is 19.7 Å². The fourth-order valence-corrected chi connectivity index (χ4v) is 3.52. The van der Waals surface area contributed by atoms with Gasteiger partial charge in [0.1, 0.15) is 17.1 Å². The lowest BCUT2D eigenvalue weighted by molar-refractivity contribution is 0.123. The van der Waals surface area contributed by atoms with Gasteiger partial charge in [-0.3, -0.25) is 0 Å². The van der Waals surface area contributed by atoms with E-state index in [1.54, 1.807) is 14.2 Å². The zero-order chi connectivity index (χ0) is 20.7. The van der Waals surface area contributed by atoms with Gasteiger partial charge in [0.2, 0.25) is 5.88 Å². The molecular formula is C24H37NO3. The summed E-state index contributed by atoms with van der Waals surface area (Å²) in [6, 6.07) is 3.95. The van der Waals surface area contributed by atoms with Gasteiger partial charge in [0.15, 0.2) is 0 Å². The van der Waals surface area contributed by atoms with E-state index in [9.17, 15) is 0 Å². The SMILES string of the molecule is CCCCCc1c(CCCC)c(OC(C)(C)C)nc2cc(OC)cc(OC)c12. The van der Waals surface area contributed by atoms with Gasteiger partial charge in [-0.1, -0.05) is 33.1 Å². The Labute approximate surface area is 170 Å². The number of benzene rings is 1. The van der Waals surface area contributed by atoms with Crippen molar-refractivity contribution in [2.75, 3.05) is 14.2 Å². The Hall–Kier alpha value is -1.97. The summed E-state index contributed by atoms with van der Waals surface area (Å²) >= 11 is 0. The van der Waals surface area contributed by atoms with Crippen molar-refractivity contribution in [2.45, 2.75) is 85.2 Å². The molecule has 156 valence electrons. The average Bonchev–Trinajstić information content (AvgIpc) is 2.64. The topological polar surface area (TPSA) is 40.6 Å². The van der Waals surface area contributed by atoms with Crippen LogP contribution in [0.25, 0.3) is 10.9 Å². The Balaban J connectivity index is 2.77. The van der Waals surface area contributed by atoms with Crippen LogP contribution in [0.3, 0.4) is 0 Å². The van der Waals surface area contributed by atoms with Gasteiger partial charge in [-0.15, -0.1) is 0 Å². The Bertz CT molecular complexity index is 778. The van der Waals surface area contributed by atoms with Crippen LogP contribution in [0.1, 0.15) is 77.8 Å². The first-order valence-corrected chi connectivity index (χ1v) is 10.6. The summed E-state index contributed by atoms with van der Waals surface area (Å²) in [6.45, 7) is 10.7. The first kappa shape index (κ1) is 22.3. The maximum atomic E-state index is 6.34. The quantitative estimate of drug-likeness (QED) is 0.436. The van der Waals surface area contributed by atoms with Gasteiger partial charge in [0.25, 0.3) is 0 Å². The highest BCUT2D eigenvalue weighted by Gasteiger charge is 2.23. The number of hydrogen-bond donors (Lipinski definition) is 0. The monoisotopic (exact) mass is 387 g/mol. The summed E-state index contributed by atoms with van der Waals surface area (Å²) in [5, 5.41) is 1.10. The van der Waals surface area contributed by atoms with Crippen LogP contribution in [0.4, 0.5) is 0 Å². The van der Waals surface area contributed by atoms with Crippen LogP contribution in [0.15, 0.2) is 12.1 Å². The molecule has 2 aromatic rings. The molecule has 4 nitrogen and oxygen atoms in total. The molecule has 1 aromatic carbocycles. The molecule has 0 aliphatic heterocycles. The smallest absolute Gasteiger partial charge is 0.217 e. The van der Waals surface area contributed by atoms with Crippen molar-refractivity contribution in [1.82, 2.24) is 4.98 Å². The predicted octanol–water partition coefficient (Wildman–Crippen LogP) is 6.50. The number of ether oxygens (including phenoxy) is 3. The van der Waals surface area contributed by atoms with E-state index in [0.29, 0.717) is 0 Å². The van der Waals surface area contributed by atoms with Crippen molar-refractivity contribution >= 4 is 10.9 Å². The molecule has 0 spiro atoms. The molecule has 0 saturated heterocycles. The van der Waals surface area contributed by atoms with E-state index in [-0.39, 0.29) is 5.60 Å².